The standard InChI is InChI=1S/C9H12FN3O2/c1-6-8(10)9(13-5-12-6)11-4-2-3-7(14)15/h5H,2-4H2,1H3,(H,14,15)(H,11,12,13). The molecular weight excluding hydrogens is 201 g/mol. The van der Waals surface area contributed by atoms with E-state index < -0.39 is 11.8 Å². The van der Waals surface area contributed by atoms with Crippen LogP contribution in [-0.2, 0) is 4.79 Å². The van der Waals surface area contributed by atoms with E-state index in [0.29, 0.717) is 13.0 Å². The molecule has 1 aromatic rings. The normalized spacial score (nSPS) is 10.0. The summed E-state index contributed by atoms with van der Waals surface area (Å²) in [5.74, 6) is -1.24. The van der Waals surface area contributed by atoms with Gasteiger partial charge < -0.3 is 10.4 Å². The van der Waals surface area contributed by atoms with Crippen molar-refractivity contribution in [1.29, 1.82) is 0 Å². The maximum absolute atomic E-state index is 13.3. The van der Waals surface area contributed by atoms with Crippen molar-refractivity contribution in [3.8, 4) is 0 Å². The van der Waals surface area contributed by atoms with Gasteiger partial charge in [-0.25, -0.2) is 14.4 Å². The molecule has 15 heavy (non-hydrogen) atoms. The van der Waals surface area contributed by atoms with Gasteiger partial charge in [0.15, 0.2) is 11.6 Å². The van der Waals surface area contributed by atoms with E-state index in [9.17, 15) is 9.18 Å². The zero-order valence-corrected chi connectivity index (χ0v) is 8.33. The monoisotopic (exact) mass is 213 g/mol. The van der Waals surface area contributed by atoms with Gasteiger partial charge >= 0.3 is 5.97 Å². The number of carboxylic acid groups (broad SMARTS) is 1. The van der Waals surface area contributed by atoms with Crippen molar-refractivity contribution in [2.24, 2.45) is 0 Å². The number of anilines is 1. The van der Waals surface area contributed by atoms with E-state index in [1.807, 2.05) is 0 Å². The third-order valence-electron chi connectivity index (χ3n) is 1.82. The molecule has 1 aromatic heterocycles. The van der Waals surface area contributed by atoms with Crippen LogP contribution in [0.4, 0.5) is 10.2 Å². The van der Waals surface area contributed by atoms with E-state index in [1.54, 1.807) is 6.92 Å². The molecule has 2 N–H and O–H groups in total. The maximum atomic E-state index is 13.3. The predicted octanol–water partition coefficient (Wildman–Crippen LogP) is 1.20. The molecule has 82 valence electrons. The summed E-state index contributed by atoms with van der Waals surface area (Å²) in [5, 5.41) is 11.1. The Hall–Kier alpha value is -1.72. The largest absolute Gasteiger partial charge is 0.481 e. The minimum absolute atomic E-state index is 0.0543. The molecule has 0 unspecified atom stereocenters. The average molecular weight is 213 g/mol. The van der Waals surface area contributed by atoms with Crippen LogP contribution in [0.15, 0.2) is 6.33 Å². The van der Waals surface area contributed by atoms with Gasteiger partial charge in [-0.05, 0) is 13.3 Å². The number of nitrogens with zero attached hydrogens (tertiary/aromatic N) is 2. The fourth-order valence-electron chi connectivity index (χ4n) is 1.03. The van der Waals surface area contributed by atoms with Crippen LogP contribution in [0.1, 0.15) is 18.5 Å². The first-order valence-electron chi connectivity index (χ1n) is 4.54. The van der Waals surface area contributed by atoms with E-state index in [0.717, 1.165) is 0 Å². The summed E-state index contributed by atoms with van der Waals surface area (Å²) < 4.78 is 13.3. The summed E-state index contributed by atoms with van der Waals surface area (Å²) in [6.45, 7) is 1.92. The van der Waals surface area contributed by atoms with Gasteiger partial charge in [0.1, 0.15) is 6.33 Å². The fraction of sp³-hybridized carbons (Fsp3) is 0.444. The first-order valence-corrected chi connectivity index (χ1v) is 4.54. The first-order chi connectivity index (χ1) is 7.11. The average Bonchev–Trinajstić information content (AvgIpc) is 2.18. The highest BCUT2D eigenvalue weighted by molar-refractivity contribution is 5.66. The molecule has 0 aromatic carbocycles. The Balaban J connectivity index is 2.44. The van der Waals surface area contributed by atoms with Gasteiger partial charge in [0.2, 0.25) is 0 Å². The SMILES string of the molecule is Cc1ncnc(NCCCC(=O)O)c1F. The lowest BCUT2D eigenvalue weighted by Crippen LogP contribution is -2.08. The van der Waals surface area contributed by atoms with Crippen LogP contribution in [0, 0.1) is 12.7 Å². The highest BCUT2D eigenvalue weighted by Crippen LogP contribution is 2.11. The van der Waals surface area contributed by atoms with Gasteiger partial charge in [-0.2, -0.15) is 0 Å². The Kier molecular flexibility index (Phi) is 3.96. The van der Waals surface area contributed by atoms with Crippen LogP contribution in [-0.4, -0.2) is 27.6 Å². The lowest BCUT2D eigenvalue weighted by Gasteiger charge is -2.05. The summed E-state index contributed by atoms with van der Waals surface area (Å²) in [6.07, 6.45) is 1.74. The Bertz CT molecular complexity index is 357. The topological polar surface area (TPSA) is 75.1 Å². The van der Waals surface area contributed by atoms with Crippen LogP contribution < -0.4 is 5.32 Å². The summed E-state index contributed by atoms with van der Waals surface area (Å²) in [6, 6.07) is 0. The number of nitrogens with one attached hydrogen (secondary N) is 1. The molecule has 0 spiro atoms. The van der Waals surface area contributed by atoms with Gasteiger partial charge in [-0.1, -0.05) is 0 Å². The molecule has 6 heteroatoms. The van der Waals surface area contributed by atoms with E-state index in [2.05, 4.69) is 15.3 Å². The Labute approximate surface area is 86.4 Å². The van der Waals surface area contributed by atoms with Crippen LogP contribution in [0.3, 0.4) is 0 Å². The molecule has 0 aliphatic heterocycles. The lowest BCUT2D eigenvalue weighted by molar-refractivity contribution is -0.137. The highest BCUT2D eigenvalue weighted by atomic mass is 19.1. The number of aliphatic carboxylic acids is 1. The van der Waals surface area contributed by atoms with Gasteiger partial charge in [0.25, 0.3) is 0 Å². The molecule has 0 fully saturated rings. The third kappa shape index (κ3) is 3.49. The van der Waals surface area contributed by atoms with Crippen molar-refractivity contribution in [3.63, 3.8) is 0 Å². The van der Waals surface area contributed by atoms with Crippen molar-refractivity contribution >= 4 is 11.8 Å². The summed E-state index contributed by atoms with van der Waals surface area (Å²) in [5.41, 5.74) is 0.269. The number of aromatic nitrogens is 2. The summed E-state index contributed by atoms with van der Waals surface area (Å²) >= 11 is 0. The number of carbonyl (C=O) groups is 1. The molecule has 0 saturated heterocycles. The van der Waals surface area contributed by atoms with Crippen LogP contribution in [0.2, 0.25) is 0 Å². The number of carboxylic acids is 1. The quantitative estimate of drug-likeness (QED) is 0.719. The van der Waals surface area contributed by atoms with E-state index in [-0.39, 0.29) is 17.9 Å². The summed E-state index contributed by atoms with van der Waals surface area (Å²) in [4.78, 5) is 17.6. The molecule has 0 bridgehead atoms. The highest BCUT2D eigenvalue weighted by Gasteiger charge is 2.06. The van der Waals surface area contributed by atoms with E-state index in [1.165, 1.54) is 6.33 Å². The van der Waals surface area contributed by atoms with Crippen LogP contribution in [0.25, 0.3) is 0 Å². The number of aryl methyl sites for hydroxylation is 1. The fourth-order valence-corrected chi connectivity index (χ4v) is 1.03. The zero-order valence-electron chi connectivity index (χ0n) is 8.33. The second-order valence-electron chi connectivity index (χ2n) is 3.05. The summed E-state index contributed by atoms with van der Waals surface area (Å²) in [7, 11) is 0. The number of halogens is 1. The predicted molar refractivity (Wildman–Crippen MR) is 52.1 cm³/mol. The van der Waals surface area contributed by atoms with E-state index in [4.69, 9.17) is 5.11 Å². The van der Waals surface area contributed by atoms with Crippen molar-refractivity contribution in [2.75, 3.05) is 11.9 Å². The molecule has 5 nitrogen and oxygen atoms in total. The molecule has 1 heterocycles. The molecule has 0 saturated carbocycles. The molecular formula is C9H12FN3O2. The van der Waals surface area contributed by atoms with E-state index >= 15 is 0 Å². The van der Waals surface area contributed by atoms with Crippen LogP contribution >= 0.6 is 0 Å². The van der Waals surface area contributed by atoms with Crippen molar-refractivity contribution in [2.45, 2.75) is 19.8 Å². The Morgan fingerprint density at radius 2 is 2.33 bits per heavy atom. The van der Waals surface area contributed by atoms with Gasteiger partial charge in [-0.15, -0.1) is 0 Å². The Morgan fingerprint density at radius 3 is 3.00 bits per heavy atom. The molecule has 0 aliphatic carbocycles. The molecule has 1 rings (SSSR count). The molecule has 0 aliphatic rings. The number of hydrogen-bond donors (Lipinski definition) is 2. The van der Waals surface area contributed by atoms with Gasteiger partial charge in [-0.3, -0.25) is 4.79 Å². The molecule has 0 atom stereocenters. The number of rotatable bonds is 5. The smallest absolute Gasteiger partial charge is 0.303 e. The molecule has 0 radical (unpaired) electrons. The Morgan fingerprint density at radius 1 is 1.60 bits per heavy atom. The second kappa shape index (κ2) is 5.23. The minimum atomic E-state index is -0.865. The van der Waals surface area contributed by atoms with Gasteiger partial charge in [0.05, 0.1) is 5.69 Å². The third-order valence-corrected chi connectivity index (χ3v) is 1.82. The van der Waals surface area contributed by atoms with Crippen molar-refractivity contribution in [1.82, 2.24) is 9.97 Å². The van der Waals surface area contributed by atoms with Crippen molar-refractivity contribution < 1.29 is 14.3 Å². The van der Waals surface area contributed by atoms with Gasteiger partial charge in [0, 0.05) is 13.0 Å². The first kappa shape index (κ1) is 11.4. The number of hydrogen-bond acceptors (Lipinski definition) is 4. The van der Waals surface area contributed by atoms with Crippen molar-refractivity contribution in [3.05, 3.63) is 17.8 Å². The minimum Gasteiger partial charge on any atom is -0.481 e. The molecule has 0 amide bonds. The maximum Gasteiger partial charge on any atom is 0.303 e. The second-order valence-corrected chi connectivity index (χ2v) is 3.05. The van der Waals surface area contributed by atoms with Crippen LogP contribution in [0.5, 0.6) is 0 Å². The lowest BCUT2D eigenvalue weighted by atomic mass is 10.3. The zero-order chi connectivity index (χ0) is 11.3.